The van der Waals surface area contributed by atoms with E-state index in [2.05, 4.69) is 46.1 Å². The van der Waals surface area contributed by atoms with Gasteiger partial charge in [-0.15, -0.1) is 0 Å². The fourth-order valence-corrected chi connectivity index (χ4v) is 3.89. The Morgan fingerprint density at radius 2 is 1.90 bits per heavy atom. The quantitative estimate of drug-likeness (QED) is 0.860. The minimum absolute atomic E-state index is 0.783. The molecule has 0 bridgehead atoms. The number of benzene rings is 1. The van der Waals surface area contributed by atoms with Crippen LogP contribution in [-0.2, 0) is 13.0 Å². The predicted octanol–water partition coefficient (Wildman–Crippen LogP) is 2.62. The third-order valence-electron chi connectivity index (χ3n) is 5.12. The zero-order valence-corrected chi connectivity index (χ0v) is 12.2. The molecule has 4 rings (SSSR count). The highest BCUT2D eigenvalue weighted by Crippen LogP contribution is 2.29. The molecule has 0 aliphatic carbocycles. The lowest BCUT2D eigenvalue weighted by Crippen LogP contribution is -2.45. The Balaban J connectivity index is 1.57. The molecular formula is C17H23N3. The topological polar surface area (TPSA) is 22.3 Å². The van der Waals surface area contributed by atoms with Gasteiger partial charge in [0.2, 0.25) is 0 Å². The summed E-state index contributed by atoms with van der Waals surface area (Å²) in [5.74, 6) is 0. The Morgan fingerprint density at radius 3 is 2.75 bits per heavy atom. The second kappa shape index (κ2) is 4.90. The van der Waals surface area contributed by atoms with Gasteiger partial charge in [0.15, 0.2) is 0 Å². The first kappa shape index (κ1) is 12.4. The van der Waals surface area contributed by atoms with E-state index >= 15 is 0 Å². The van der Waals surface area contributed by atoms with Gasteiger partial charge in [0, 0.05) is 35.7 Å². The first-order valence-corrected chi connectivity index (χ1v) is 7.82. The summed E-state index contributed by atoms with van der Waals surface area (Å²) in [5, 5.41) is 1.44. The molecule has 3 nitrogen and oxygen atoms in total. The molecule has 2 aromatic rings. The molecule has 1 saturated heterocycles. The maximum Gasteiger partial charge on any atom is 0.0459 e. The summed E-state index contributed by atoms with van der Waals surface area (Å²) >= 11 is 0. The predicted molar refractivity (Wildman–Crippen MR) is 82.9 cm³/mol. The lowest BCUT2D eigenvalue weighted by atomic mass is 9.98. The Hall–Kier alpha value is -1.32. The maximum atomic E-state index is 3.64. The van der Waals surface area contributed by atoms with Gasteiger partial charge in [-0.3, -0.25) is 4.90 Å². The molecular weight excluding hydrogens is 246 g/mol. The molecule has 1 N–H and O–H groups in total. The number of piperidine rings is 1. The number of H-pyrrole nitrogens is 1. The molecule has 1 aromatic carbocycles. The lowest BCUT2D eigenvalue weighted by molar-refractivity contribution is 0.109. The largest absolute Gasteiger partial charge is 0.357 e. The average molecular weight is 269 g/mol. The molecule has 0 atom stereocenters. The van der Waals surface area contributed by atoms with Crippen molar-refractivity contribution in [3.05, 3.63) is 35.5 Å². The zero-order valence-electron chi connectivity index (χ0n) is 12.2. The molecule has 3 heteroatoms. The number of aromatic amines is 1. The van der Waals surface area contributed by atoms with Crippen LogP contribution in [0.5, 0.6) is 0 Å². The molecule has 1 fully saturated rings. The molecule has 1 aromatic heterocycles. The van der Waals surface area contributed by atoms with Crippen LogP contribution in [0.1, 0.15) is 24.1 Å². The summed E-state index contributed by atoms with van der Waals surface area (Å²) in [6.07, 6.45) is 3.85. The van der Waals surface area contributed by atoms with Crippen LogP contribution in [0.15, 0.2) is 24.3 Å². The van der Waals surface area contributed by atoms with Crippen LogP contribution in [-0.4, -0.2) is 47.5 Å². The highest BCUT2D eigenvalue weighted by Gasteiger charge is 2.27. The Morgan fingerprint density at radius 1 is 1.10 bits per heavy atom. The number of fused-ring (bicyclic) bond motifs is 3. The van der Waals surface area contributed by atoms with Crippen molar-refractivity contribution < 1.29 is 0 Å². The van der Waals surface area contributed by atoms with E-state index in [9.17, 15) is 0 Å². The summed E-state index contributed by atoms with van der Waals surface area (Å²) in [7, 11) is 2.24. The van der Waals surface area contributed by atoms with Crippen molar-refractivity contribution in [1.29, 1.82) is 0 Å². The number of rotatable bonds is 1. The number of hydrogen-bond acceptors (Lipinski definition) is 2. The summed E-state index contributed by atoms with van der Waals surface area (Å²) in [6.45, 7) is 4.84. The van der Waals surface area contributed by atoms with Crippen molar-refractivity contribution in [2.75, 3.05) is 26.7 Å². The number of nitrogens with zero attached hydrogens (tertiary/aromatic N) is 2. The van der Waals surface area contributed by atoms with Crippen LogP contribution in [0, 0.1) is 0 Å². The molecule has 0 radical (unpaired) electrons. The third kappa shape index (κ3) is 2.05. The van der Waals surface area contributed by atoms with Crippen LogP contribution in [0.25, 0.3) is 10.9 Å². The minimum atomic E-state index is 0.783. The fourth-order valence-electron chi connectivity index (χ4n) is 3.89. The molecule has 0 amide bonds. The Kier molecular flexibility index (Phi) is 3.04. The second-order valence-electron chi connectivity index (χ2n) is 6.38. The highest BCUT2D eigenvalue weighted by atomic mass is 15.2. The molecule has 2 aliphatic heterocycles. The van der Waals surface area contributed by atoms with Gasteiger partial charge >= 0.3 is 0 Å². The van der Waals surface area contributed by atoms with Crippen LogP contribution in [0.2, 0.25) is 0 Å². The summed E-state index contributed by atoms with van der Waals surface area (Å²) in [5.41, 5.74) is 4.32. The van der Waals surface area contributed by atoms with E-state index in [1.165, 1.54) is 55.5 Å². The zero-order chi connectivity index (χ0) is 13.5. The molecule has 0 spiro atoms. The standard InChI is InChI=1S/C17H23N3/c1-19-9-6-13(7-10-19)20-11-8-15-14-4-2-3-5-16(14)18-17(15)12-20/h2-5,13,18H,6-12H2,1H3. The van der Waals surface area contributed by atoms with Gasteiger partial charge in [-0.2, -0.15) is 0 Å². The second-order valence-corrected chi connectivity index (χ2v) is 6.38. The minimum Gasteiger partial charge on any atom is -0.357 e. The van der Waals surface area contributed by atoms with Gasteiger partial charge in [0.1, 0.15) is 0 Å². The fraction of sp³-hybridized carbons (Fsp3) is 0.529. The first-order chi connectivity index (χ1) is 9.81. The molecule has 0 saturated carbocycles. The number of likely N-dealkylation sites (tertiary alicyclic amines) is 1. The van der Waals surface area contributed by atoms with Gasteiger partial charge in [0.25, 0.3) is 0 Å². The van der Waals surface area contributed by atoms with Crippen LogP contribution >= 0.6 is 0 Å². The average Bonchev–Trinajstić information content (AvgIpc) is 2.85. The van der Waals surface area contributed by atoms with E-state index < -0.39 is 0 Å². The number of para-hydroxylation sites is 1. The molecule has 106 valence electrons. The van der Waals surface area contributed by atoms with Crippen molar-refractivity contribution in [3.63, 3.8) is 0 Å². The number of aromatic nitrogens is 1. The van der Waals surface area contributed by atoms with Crippen LogP contribution in [0.3, 0.4) is 0 Å². The van der Waals surface area contributed by atoms with Gasteiger partial charge in [-0.1, -0.05) is 18.2 Å². The molecule has 0 unspecified atom stereocenters. The van der Waals surface area contributed by atoms with Crippen molar-refractivity contribution in [2.24, 2.45) is 0 Å². The van der Waals surface area contributed by atoms with Gasteiger partial charge < -0.3 is 9.88 Å². The van der Waals surface area contributed by atoms with Crippen molar-refractivity contribution in [1.82, 2.24) is 14.8 Å². The Bertz CT molecular complexity index is 608. The first-order valence-electron chi connectivity index (χ1n) is 7.82. The normalized spacial score (nSPS) is 22.2. The van der Waals surface area contributed by atoms with Crippen LogP contribution in [0.4, 0.5) is 0 Å². The summed E-state index contributed by atoms with van der Waals surface area (Å²) in [6, 6.07) is 9.52. The van der Waals surface area contributed by atoms with E-state index in [4.69, 9.17) is 0 Å². The van der Waals surface area contributed by atoms with Crippen LogP contribution < -0.4 is 0 Å². The van der Waals surface area contributed by atoms with E-state index in [0.29, 0.717) is 0 Å². The number of hydrogen-bond donors (Lipinski definition) is 1. The monoisotopic (exact) mass is 269 g/mol. The molecule has 2 aliphatic rings. The van der Waals surface area contributed by atoms with Crippen molar-refractivity contribution in [2.45, 2.75) is 31.8 Å². The Labute approximate surface area is 120 Å². The summed E-state index contributed by atoms with van der Waals surface area (Å²) < 4.78 is 0. The van der Waals surface area contributed by atoms with E-state index in [1.807, 2.05) is 0 Å². The highest BCUT2D eigenvalue weighted by molar-refractivity contribution is 5.84. The lowest BCUT2D eigenvalue weighted by Gasteiger charge is -2.39. The van der Waals surface area contributed by atoms with E-state index in [0.717, 1.165) is 12.6 Å². The smallest absolute Gasteiger partial charge is 0.0459 e. The van der Waals surface area contributed by atoms with E-state index in [-0.39, 0.29) is 0 Å². The third-order valence-corrected chi connectivity index (χ3v) is 5.12. The number of nitrogens with one attached hydrogen (secondary N) is 1. The molecule has 20 heavy (non-hydrogen) atoms. The van der Waals surface area contributed by atoms with Gasteiger partial charge in [-0.25, -0.2) is 0 Å². The van der Waals surface area contributed by atoms with E-state index in [1.54, 1.807) is 5.56 Å². The van der Waals surface area contributed by atoms with Crippen molar-refractivity contribution in [3.8, 4) is 0 Å². The molecule has 3 heterocycles. The van der Waals surface area contributed by atoms with Crippen molar-refractivity contribution >= 4 is 10.9 Å². The van der Waals surface area contributed by atoms with Gasteiger partial charge in [0.05, 0.1) is 0 Å². The SMILES string of the molecule is CN1CCC(N2CCc3c([nH]c4ccccc34)C2)CC1. The maximum absolute atomic E-state index is 3.64. The van der Waals surface area contributed by atoms with Gasteiger partial charge in [-0.05, 0) is 51.0 Å². The summed E-state index contributed by atoms with van der Waals surface area (Å²) in [4.78, 5) is 8.79.